The molecule has 2 amide bonds. The van der Waals surface area contributed by atoms with Gasteiger partial charge in [0.25, 0.3) is 0 Å². The molecule has 0 fully saturated rings. The Bertz CT molecular complexity index is 846. The summed E-state index contributed by atoms with van der Waals surface area (Å²) >= 11 is 1.42. The lowest BCUT2D eigenvalue weighted by Crippen LogP contribution is -2.45. The molecule has 0 saturated heterocycles. The molecule has 1 aliphatic heterocycles. The lowest BCUT2D eigenvalue weighted by Gasteiger charge is -2.28. The Kier molecular flexibility index (Phi) is 4.85. The standard InChI is InChI=1S/C18H17FN2O3S/c1-3-24-17(22)15-10(2)20-18(23)21-16(15)11-6-7-13(19)12(9-11)14-5-4-8-25-14/h4-9,16H,3H2,1-2H3,(H2,20,21,23)/t16-/m0/s1. The maximum absolute atomic E-state index is 14.2. The fourth-order valence-electron chi connectivity index (χ4n) is 2.77. The normalized spacial score (nSPS) is 17.1. The van der Waals surface area contributed by atoms with E-state index in [0.29, 0.717) is 22.4 Å². The van der Waals surface area contributed by atoms with E-state index < -0.39 is 18.0 Å². The molecule has 3 rings (SSSR count). The molecular formula is C18H17FN2O3S. The van der Waals surface area contributed by atoms with E-state index in [1.165, 1.54) is 17.4 Å². The number of benzene rings is 1. The number of urea groups is 1. The van der Waals surface area contributed by atoms with E-state index in [1.54, 1.807) is 26.0 Å². The van der Waals surface area contributed by atoms with Crippen LogP contribution in [0.1, 0.15) is 25.5 Å². The van der Waals surface area contributed by atoms with E-state index in [2.05, 4.69) is 10.6 Å². The summed E-state index contributed by atoms with van der Waals surface area (Å²) in [5, 5.41) is 7.16. The molecule has 1 aliphatic rings. The summed E-state index contributed by atoms with van der Waals surface area (Å²) in [6, 6.07) is 7.11. The fourth-order valence-corrected chi connectivity index (χ4v) is 3.51. The number of rotatable bonds is 4. The average Bonchev–Trinajstić information content (AvgIpc) is 3.09. The van der Waals surface area contributed by atoms with Crippen LogP contribution < -0.4 is 10.6 Å². The monoisotopic (exact) mass is 360 g/mol. The number of halogens is 1. The quantitative estimate of drug-likeness (QED) is 0.816. The Morgan fingerprint density at radius 1 is 1.36 bits per heavy atom. The first-order valence-corrected chi connectivity index (χ1v) is 8.68. The van der Waals surface area contributed by atoms with Crippen LogP contribution in [-0.4, -0.2) is 18.6 Å². The van der Waals surface area contributed by atoms with Crippen molar-refractivity contribution in [3.8, 4) is 10.4 Å². The van der Waals surface area contributed by atoms with Gasteiger partial charge in [0.1, 0.15) is 5.82 Å². The number of hydrogen-bond acceptors (Lipinski definition) is 4. The smallest absolute Gasteiger partial charge is 0.338 e. The lowest BCUT2D eigenvalue weighted by molar-refractivity contribution is -0.139. The Morgan fingerprint density at radius 3 is 2.84 bits per heavy atom. The van der Waals surface area contributed by atoms with Crippen LogP contribution in [0.15, 0.2) is 47.0 Å². The molecule has 1 aromatic heterocycles. The van der Waals surface area contributed by atoms with Crippen molar-refractivity contribution in [1.82, 2.24) is 10.6 Å². The maximum Gasteiger partial charge on any atom is 0.338 e. The molecule has 7 heteroatoms. The van der Waals surface area contributed by atoms with E-state index in [0.717, 1.165) is 4.88 Å². The van der Waals surface area contributed by atoms with Crippen LogP contribution in [0.3, 0.4) is 0 Å². The summed E-state index contributed by atoms with van der Waals surface area (Å²) < 4.78 is 19.3. The largest absolute Gasteiger partial charge is 0.463 e. The molecule has 2 N–H and O–H groups in total. The number of carbonyl (C=O) groups excluding carboxylic acids is 2. The molecule has 0 aliphatic carbocycles. The lowest BCUT2D eigenvalue weighted by atomic mass is 9.94. The van der Waals surface area contributed by atoms with Gasteiger partial charge in [-0.05, 0) is 43.0 Å². The molecule has 1 aromatic carbocycles. The van der Waals surface area contributed by atoms with E-state index >= 15 is 0 Å². The molecule has 0 unspecified atom stereocenters. The SMILES string of the molecule is CCOC(=O)C1=C(C)NC(=O)N[C@H]1c1ccc(F)c(-c2cccs2)c1. The maximum atomic E-state index is 14.2. The number of thiophene rings is 1. The third-order valence-corrected chi connectivity index (χ3v) is 4.78. The molecule has 0 bridgehead atoms. The van der Waals surface area contributed by atoms with Crippen LogP contribution in [-0.2, 0) is 9.53 Å². The topological polar surface area (TPSA) is 67.4 Å². The molecule has 5 nitrogen and oxygen atoms in total. The third-order valence-electron chi connectivity index (χ3n) is 3.87. The Morgan fingerprint density at radius 2 is 2.16 bits per heavy atom. The number of carbonyl (C=O) groups is 2. The summed E-state index contributed by atoms with van der Waals surface area (Å²) in [4.78, 5) is 25.0. The van der Waals surface area contributed by atoms with Crippen molar-refractivity contribution < 1.29 is 18.7 Å². The van der Waals surface area contributed by atoms with Gasteiger partial charge >= 0.3 is 12.0 Å². The van der Waals surface area contributed by atoms with Crippen LogP contribution in [0.2, 0.25) is 0 Å². The first kappa shape index (κ1) is 17.2. The van der Waals surface area contributed by atoms with Crippen molar-refractivity contribution in [3.63, 3.8) is 0 Å². The minimum absolute atomic E-state index is 0.222. The second kappa shape index (κ2) is 7.06. The van der Waals surface area contributed by atoms with E-state index in [1.807, 2.05) is 17.5 Å². The molecule has 2 aromatic rings. The molecule has 0 saturated carbocycles. The minimum atomic E-state index is -0.702. The van der Waals surface area contributed by atoms with Crippen molar-refractivity contribution in [2.45, 2.75) is 19.9 Å². The van der Waals surface area contributed by atoms with Gasteiger partial charge in [0, 0.05) is 16.1 Å². The highest BCUT2D eigenvalue weighted by Crippen LogP contribution is 2.33. The molecule has 25 heavy (non-hydrogen) atoms. The van der Waals surface area contributed by atoms with Crippen LogP contribution in [0.5, 0.6) is 0 Å². The zero-order valence-electron chi connectivity index (χ0n) is 13.8. The zero-order valence-corrected chi connectivity index (χ0v) is 14.6. The van der Waals surface area contributed by atoms with Crippen molar-refractivity contribution in [2.24, 2.45) is 0 Å². The summed E-state index contributed by atoms with van der Waals surface area (Å²) in [6.07, 6.45) is 0. The molecule has 1 atom stereocenters. The number of nitrogens with one attached hydrogen (secondary N) is 2. The van der Waals surface area contributed by atoms with Crippen LogP contribution in [0.25, 0.3) is 10.4 Å². The van der Waals surface area contributed by atoms with E-state index in [4.69, 9.17) is 4.74 Å². The average molecular weight is 360 g/mol. The molecule has 2 heterocycles. The summed E-state index contributed by atoms with van der Waals surface area (Å²) in [5.41, 5.74) is 1.78. The zero-order chi connectivity index (χ0) is 18.0. The van der Waals surface area contributed by atoms with E-state index in [9.17, 15) is 14.0 Å². The highest BCUT2D eigenvalue weighted by molar-refractivity contribution is 7.13. The number of amides is 2. The van der Waals surface area contributed by atoms with Gasteiger partial charge in [0.05, 0.1) is 18.2 Å². The van der Waals surface area contributed by atoms with Gasteiger partial charge in [-0.3, -0.25) is 0 Å². The number of ether oxygens (including phenoxy) is 1. The van der Waals surface area contributed by atoms with Crippen LogP contribution >= 0.6 is 11.3 Å². The molecular weight excluding hydrogens is 343 g/mol. The number of esters is 1. The summed E-state index contributed by atoms with van der Waals surface area (Å²) in [7, 11) is 0. The number of allylic oxidation sites excluding steroid dienone is 1. The first-order chi connectivity index (χ1) is 12.0. The predicted molar refractivity (Wildman–Crippen MR) is 93.5 cm³/mol. The van der Waals surface area contributed by atoms with Crippen molar-refractivity contribution in [2.75, 3.05) is 6.61 Å². The Hall–Kier alpha value is -2.67. The van der Waals surface area contributed by atoms with Crippen molar-refractivity contribution in [1.29, 1.82) is 0 Å². The van der Waals surface area contributed by atoms with Crippen molar-refractivity contribution >= 4 is 23.3 Å². The molecule has 0 radical (unpaired) electrons. The molecule has 0 spiro atoms. The van der Waals surface area contributed by atoms with Gasteiger partial charge in [0.15, 0.2) is 0 Å². The van der Waals surface area contributed by atoms with E-state index in [-0.39, 0.29) is 12.4 Å². The van der Waals surface area contributed by atoms with Crippen molar-refractivity contribution in [3.05, 3.63) is 58.4 Å². The second-order valence-electron chi connectivity index (χ2n) is 5.51. The highest BCUT2D eigenvalue weighted by atomic mass is 32.1. The van der Waals surface area contributed by atoms with Gasteiger partial charge in [-0.25, -0.2) is 14.0 Å². The fraction of sp³-hybridized carbons (Fsp3) is 0.222. The van der Waals surface area contributed by atoms with Gasteiger partial charge in [-0.2, -0.15) is 0 Å². The number of hydrogen-bond donors (Lipinski definition) is 2. The second-order valence-corrected chi connectivity index (χ2v) is 6.45. The first-order valence-electron chi connectivity index (χ1n) is 7.80. The van der Waals surface area contributed by atoms with Gasteiger partial charge in [0.2, 0.25) is 0 Å². The van der Waals surface area contributed by atoms with Gasteiger partial charge in [-0.15, -0.1) is 11.3 Å². The summed E-state index contributed by atoms with van der Waals surface area (Å²) in [5.74, 6) is -0.871. The predicted octanol–water partition coefficient (Wildman–Crippen LogP) is 3.75. The van der Waals surface area contributed by atoms with Crippen LogP contribution in [0.4, 0.5) is 9.18 Å². The van der Waals surface area contributed by atoms with Gasteiger partial charge in [-0.1, -0.05) is 12.1 Å². The summed E-state index contributed by atoms with van der Waals surface area (Å²) in [6.45, 7) is 3.58. The molecule has 130 valence electrons. The Balaban J connectivity index is 2.07. The minimum Gasteiger partial charge on any atom is -0.463 e. The highest BCUT2D eigenvalue weighted by Gasteiger charge is 2.32. The third kappa shape index (κ3) is 3.41. The van der Waals surface area contributed by atoms with Crippen LogP contribution in [0, 0.1) is 5.82 Å². The Labute approximate surface area is 148 Å². The van der Waals surface area contributed by atoms with Gasteiger partial charge < -0.3 is 15.4 Å².